The number of rotatable bonds is 15. The lowest BCUT2D eigenvalue weighted by atomic mass is 9.81. The highest BCUT2D eigenvalue weighted by Gasteiger charge is 2.33. The number of unbranched alkanes of at least 4 members (excludes halogenated alkanes) is 3. The van der Waals surface area contributed by atoms with Crippen molar-refractivity contribution >= 4 is 52.2 Å². The van der Waals surface area contributed by atoms with E-state index in [-0.39, 0.29) is 17.3 Å². The molecule has 0 bridgehead atoms. The predicted octanol–water partition coefficient (Wildman–Crippen LogP) is 8.09. The van der Waals surface area contributed by atoms with Crippen LogP contribution in [0, 0.1) is 0 Å². The zero-order valence-electron chi connectivity index (χ0n) is 19.8. The Balaban J connectivity index is 1.96. The first-order chi connectivity index (χ1) is 17.0. The minimum atomic E-state index is -0.602. The van der Waals surface area contributed by atoms with Crippen LogP contribution in [0.1, 0.15) is 95.5 Å². The van der Waals surface area contributed by atoms with Crippen molar-refractivity contribution in [1.29, 1.82) is 0 Å². The third kappa shape index (κ3) is 7.31. The Bertz CT molecular complexity index is 979. The summed E-state index contributed by atoms with van der Waals surface area (Å²) < 4.78 is 6.12. The van der Waals surface area contributed by atoms with Crippen molar-refractivity contribution < 1.29 is 19.1 Å². The standard InChI is InChI=1S/C28H31Cl3O4/c29-14-4-1-7-23(32)19-10-12-26-21(17-19)28(25(34)9-3-6-16-31)22-18-20(11-13-27(22)35-26)24(33)8-2-5-15-30/h10-13,17-18,28H,1-9,14-16H2. The van der Waals surface area contributed by atoms with Crippen LogP contribution in [0.3, 0.4) is 0 Å². The summed E-state index contributed by atoms with van der Waals surface area (Å²) in [7, 11) is 0. The van der Waals surface area contributed by atoms with E-state index in [4.69, 9.17) is 39.5 Å². The van der Waals surface area contributed by atoms with Gasteiger partial charge in [-0.2, -0.15) is 0 Å². The monoisotopic (exact) mass is 536 g/mol. The minimum Gasteiger partial charge on any atom is -0.457 e. The number of alkyl halides is 3. The van der Waals surface area contributed by atoms with Crippen LogP contribution in [0.25, 0.3) is 0 Å². The molecule has 1 heterocycles. The Labute approximate surface area is 222 Å². The van der Waals surface area contributed by atoms with Gasteiger partial charge in [0.15, 0.2) is 11.6 Å². The maximum Gasteiger partial charge on any atom is 0.162 e. The van der Waals surface area contributed by atoms with Crippen molar-refractivity contribution in [2.45, 2.75) is 63.7 Å². The number of hydrogen-bond donors (Lipinski definition) is 0. The van der Waals surface area contributed by atoms with Crippen LogP contribution in [-0.4, -0.2) is 35.0 Å². The zero-order valence-corrected chi connectivity index (χ0v) is 22.1. The summed E-state index contributed by atoms with van der Waals surface area (Å²) in [6.45, 7) is 0. The molecule has 188 valence electrons. The fourth-order valence-electron chi connectivity index (χ4n) is 4.30. The molecule has 0 fully saturated rings. The van der Waals surface area contributed by atoms with Gasteiger partial charge in [0.05, 0.1) is 5.92 Å². The summed E-state index contributed by atoms with van der Waals surface area (Å²) in [5.74, 6) is 2.12. The van der Waals surface area contributed by atoms with Crippen LogP contribution in [-0.2, 0) is 4.79 Å². The molecule has 0 unspecified atom stereocenters. The molecule has 1 aliphatic rings. The number of ether oxygens (including phenoxy) is 1. The zero-order chi connectivity index (χ0) is 25.2. The normalized spacial score (nSPS) is 12.5. The summed E-state index contributed by atoms with van der Waals surface area (Å²) in [4.78, 5) is 39.0. The molecule has 0 atom stereocenters. The molecule has 0 spiro atoms. The molecule has 0 aliphatic carbocycles. The van der Waals surface area contributed by atoms with Gasteiger partial charge >= 0.3 is 0 Å². The highest BCUT2D eigenvalue weighted by atomic mass is 35.5. The van der Waals surface area contributed by atoms with E-state index < -0.39 is 5.92 Å². The topological polar surface area (TPSA) is 60.4 Å². The Hall–Kier alpha value is -1.88. The maximum atomic E-state index is 13.5. The summed E-state index contributed by atoms with van der Waals surface area (Å²) in [6, 6.07) is 10.6. The molecule has 0 radical (unpaired) electrons. The lowest BCUT2D eigenvalue weighted by Gasteiger charge is -2.28. The molecular formula is C28H31Cl3O4. The summed E-state index contributed by atoms with van der Waals surface area (Å²) in [6.07, 6.45) is 5.57. The molecular weight excluding hydrogens is 507 g/mol. The highest BCUT2D eigenvalue weighted by molar-refractivity contribution is 6.18. The Morgan fingerprint density at radius 1 is 0.629 bits per heavy atom. The average molecular weight is 538 g/mol. The van der Waals surface area contributed by atoms with Gasteiger partial charge in [0.1, 0.15) is 17.3 Å². The van der Waals surface area contributed by atoms with Gasteiger partial charge in [0.2, 0.25) is 0 Å². The number of fused-ring (bicyclic) bond motifs is 2. The van der Waals surface area contributed by atoms with Crippen LogP contribution < -0.4 is 4.74 Å². The van der Waals surface area contributed by atoms with E-state index in [1.54, 1.807) is 36.4 Å². The first kappa shape index (κ1) is 27.7. The molecule has 0 N–H and O–H groups in total. The van der Waals surface area contributed by atoms with Gasteiger partial charge in [-0.25, -0.2) is 0 Å². The van der Waals surface area contributed by atoms with Crippen molar-refractivity contribution in [3.63, 3.8) is 0 Å². The predicted molar refractivity (Wildman–Crippen MR) is 142 cm³/mol. The van der Waals surface area contributed by atoms with Gasteiger partial charge in [-0.15, -0.1) is 34.8 Å². The Morgan fingerprint density at radius 2 is 1.06 bits per heavy atom. The summed E-state index contributed by atoms with van der Waals surface area (Å²) >= 11 is 17.3. The van der Waals surface area contributed by atoms with E-state index in [2.05, 4.69) is 0 Å². The van der Waals surface area contributed by atoms with Crippen molar-refractivity contribution in [3.8, 4) is 11.5 Å². The van der Waals surface area contributed by atoms with Crippen molar-refractivity contribution in [2.75, 3.05) is 17.6 Å². The van der Waals surface area contributed by atoms with Crippen LogP contribution >= 0.6 is 34.8 Å². The number of hydrogen-bond acceptors (Lipinski definition) is 4. The minimum absolute atomic E-state index is 0.0141. The van der Waals surface area contributed by atoms with Gasteiger partial charge in [-0.3, -0.25) is 14.4 Å². The molecule has 4 nitrogen and oxygen atoms in total. The summed E-state index contributed by atoms with van der Waals surface area (Å²) in [5, 5.41) is 0. The van der Waals surface area contributed by atoms with Gasteiger partial charge in [0, 0.05) is 59.2 Å². The third-order valence-electron chi connectivity index (χ3n) is 6.21. The molecule has 0 aromatic heterocycles. The second-order valence-electron chi connectivity index (χ2n) is 8.79. The smallest absolute Gasteiger partial charge is 0.162 e. The highest BCUT2D eigenvalue weighted by Crippen LogP contribution is 2.46. The van der Waals surface area contributed by atoms with Gasteiger partial charge in [-0.05, 0) is 74.9 Å². The van der Waals surface area contributed by atoms with E-state index in [0.29, 0.717) is 89.9 Å². The quantitative estimate of drug-likeness (QED) is 0.131. The second-order valence-corrected chi connectivity index (χ2v) is 9.93. The molecule has 35 heavy (non-hydrogen) atoms. The van der Waals surface area contributed by atoms with Crippen molar-refractivity contribution in [3.05, 3.63) is 58.7 Å². The van der Waals surface area contributed by atoms with E-state index >= 15 is 0 Å². The van der Waals surface area contributed by atoms with E-state index in [1.165, 1.54) is 0 Å². The lowest BCUT2D eigenvalue weighted by Crippen LogP contribution is -2.20. The maximum absolute atomic E-state index is 13.5. The number of ketones is 3. The first-order valence-electron chi connectivity index (χ1n) is 12.2. The third-order valence-corrected chi connectivity index (χ3v) is 7.01. The lowest BCUT2D eigenvalue weighted by molar-refractivity contribution is -0.119. The summed E-state index contributed by atoms with van der Waals surface area (Å²) in [5.41, 5.74) is 2.45. The first-order valence-corrected chi connectivity index (χ1v) is 13.8. The van der Waals surface area contributed by atoms with Gasteiger partial charge in [0.25, 0.3) is 0 Å². The number of halogens is 3. The molecule has 1 aliphatic heterocycles. The molecule has 7 heteroatoms. The number of carbonyl (C=O) groups is 3. The number of carbonyl (C=O) groups excluding carboxylic acids is 3. The number of benzene rings is 2. The fourth-order valence-corrected chi connectivity index (χ4v) is 4.87. The molecule has 2 aromatic rings. The number of Topliss-reactive ketones (excluding diaryl/α,β-unsaturated/α-hetero) is 3. The molecule has 0 amide bonds. The second kappa shape index (κ2) is 14.0. The van der Waals surface area contributed by atoms with E-state index in [1.807, 2.05) is 0 Å². The largest absolute Gasteiger partial charge is 0.457 e. The van der Waals surface area contributed by atoms with Gasteiger partial charge < -0.3 is 4.74 Å². The molecule has 0 saturated heterocycles. The van der Waals surface area contributed by atoms with E-state index in [9.17, 15) is 14.4 Å². The Kier molecular flexibility index (Phi) is 11.1. The SMILES string of the molecule is O=C(CCCCCl)c1ccc2c(c1)C(C(=O)CCCCCl)c1cc(C(=O)CCCCCl)ccc1O2. The fraction of sp³-hybridized carbons (Fsp3) is 0.464. The van der Waals surface area contributed by atoms with Crippen molar-refractivity contribution in [1.82, 2.24) is 0 Å². The van der Waals surface area contributed by atoms with Crippen molar-refractivity contribution in [2.24, 2.45) is 0 Å². The van der Waals surface area contributed by atoms with Crippen LogP contribution in [0.15, 0.2) is 36.4 Å². The van der Waals surface area contributed by atoms with Crippen LogP contribution in [0.2, 0.25) is 0 Å². The molecule has 0 saturated carbocycles. The Morgan fingerprint density at radius 3 is 1.49 bits per heavy atom. The van der Waals surface area contributed by atoms with Crippen LogP contribution in [0.5, 0.6) is 11.5 Å². The van der Waals surface area contributed by atoms with E-state index in [0.717, 1.165) is 19.3 Å². The van der Waals surface area contributed by atoms with Crippen LogP contribution in [0.4, 0.5) is 0 Å². The molecule has 3 rings (SSSR count). The van der Waals surface area contributed by atoms with Gasteiger partial charge in [-0.1, -0.05) is 0 Å². The molecule has 2 aromatic carbocycles. The average Bonchev–Trinajstić information content (AvgIpc) is 2.86.